The second-order valence-corrected chi connectivity index (χ2v) is 8.97. The van der Waals surface area contributed by atoms with Gasteiger partial charge in [0.05, 0.1) is 11.5 Å². The van der Waals surface area contributed by atoms with Crippen LogP contribution in [0.1, 0.15) is 64.9 Å². The molecule has 2 nitrogen and oxygen atoms in total. The molecule has 0 amide bonds. The van der Waals surface area contributed by atoms with Gasteiger partial charge in [-0.1, -0.05) is 51.1 Å². The first-order valence-electron chi connectivity index (χ1n) is 9.65. The van der Waals surface area contributed by atoms with Crippen molar-refractivity contribution < 1.29 is 0 Å². The molecule has 3 rings (SSSR count). The van der Waals surface area contributed by atoms with Gasteiger partial charge in [0, 0.05) is 19.1 Å². The average Bonchev–Trinajstić information content (AvgIpc) is 2.62. The molecule has 1 heterocycles. The lowest BCUT2D eigenvalue weighted by atomic mass is 9.70. The molecule has 0 atom stereocenters. The van der Waals surface area contributed by atoms with Crippen LogP contribution in [-0.2, 0) is 5.41 Å². The van der Waals surface area contributed by atoms with E-state index in [1.165, 1.54) is 31.2 Å². The quantitative estimate of drug-likeness (QED) is 0.752. The molecule has 0 spiro atoms. The van der Waals surface area contributed by atoms with E-state index >= 15 is 0 Å². The van der Waals surface area contributed by atoms with E-state index in [-0.39, 0.29) is 5.41 Å². The molecule has 1 aromatic carbocycles. The normalized spacial score (nSPS) is 28.2. The van der Waals surface area contributed by atoms with Crippen molar-refractivity contribution in [3.05, 3.63) is 35.9 Å². The molecule has 1 aliphatic heterocycles. The van der Waals surface area contributed by atoms with Gasteiger partial charge < -0.3 is 4.90 Å². The van der Waals surface area contributed by atoms with Crippen molar-refractivity contribution in [2.24, 2.45) is 11.3 Å². The Morgan fingerprint density at radius 3 is 2.08 bits per heavy atom. The van der Waals surface area contributed by atoms with Crippen molar-refractivity contribution in [1.29, 1.82) is 5.26 Å². The van der Waals surface area contributed by atoms with Crippen LogP contribution in [0, 0.1) is 22.7 Å². The van der Waals surface area contributed by atoms with E-state index in [0.717, 1.165) is 37.9 Å². The van der Waals surface area contributed by atoms with Crippen molar-refractivity contribution in [3.63, 3.8) is 0 Å². The summed E-state index contributed by atoms with van der Waals surface area (Å²) in [5, 5.41) is 9.85. The number of nitriles is 1. The van der Waals surface area contributed by atoms with Crippen LogP contribution in [0.5, 0.6) is 0 Å². The standard InChI is InChI=1S/C22H32N2/c1-21(2,3)18-9-11-20(12-10-18)24-15-13-22(17-23,14-16-24)19-7-5-4-6-8-19/h4-8,18,20H,9-16H2,1-3H3. The molecule has 1 saturated heterocycles. The van der Waals surface area contributed by atoms with Crippen LogP contribution in [-0.4, -0.2) is 24.0 Å². The second-order valence-electron chi connectivity index (χ2n) is 8.97. The Bertz CT molecular complexity index is 562. The molecule has 1 saturated carbocycles. The minimum Gasteiger partial charge on any atom is -0.300 e. The van der Waals surface area contributed by atoms with Gasteiger partial charge in [0.2, 0.25) is 0 Å². The Morgan fingerprint density at radius 2 is 1.58 bits per heavy atom. The van der Waals surface area contributed by atoms with Crippen LogP contribution in [0.2, 0.25) is 0 Å². The summed E-state index contributed by atoms with van der Waals surface area (Å²) in [4.78, 5) is 2.68. The maximum atomic E-state index is 9.85. The Labute approximate surface area is 147 Å². The monoisotopic (exact) mass is 324 g/mol. The third-order valence-electron chi connectivity index (χ3n) is 6.63. The van der Waals surface area contributed by atoms with Crippen LogP contribution in [0.15, 0.2) is 30.3 Å². The molecule has 24 heavy (non-hydrogen) atoms. The fraction of sp³-hybridized carbons (Fsp3) is 0.682. The highest BCUT2D eigenvalue weighted by molar-refractivity contribution is 5.33. The van der Waals surface area contributed by atoms with Gasteiger partial charge in [-0.15, -0.1) is 0 Å². The van der Waals surface area contributed by atoms with Crippen molar-refractivity contribution in [3.8, 4) is 6.07 Å². The zero-order chi connectivity index (χ0) is 17.2. The van der Waals surface area contributed by atoms with Crippen LogP contribution >= 0.6 is 0 Å². The smallest absolute Gasteiger partial charge is 0.0846 e. The van der Waals surface area contributed by atoms with E-state index in [1.807, 2.05) is 6.07 Å². The Morgan fingerprint density at radius 1 is 1.00 bits per heavy atom. The van der Waals surface area contributed by atoms with Gasteiger partial charge in [0.25, 0.3) is 0 Å². The Balaban J connectivity index is 1.59. The van der Waals surface area contributed by atoms with Crippen LogP contribution in [0.25, 0.3) is 0 Å². The molecule has 0 radical (unpaired) electrons. The lowest BCUT2D eigenvalue weighted by Crippen LogP contribution is -2.48. The summed E-state index contributed by atoms with van der Waals surface area (Å²) in [7, 11) is 0. The first-order valence-corrected chi connectivity index (χ1v) is 9.65. The van der Waals surface area contributed by atoms with Crippen LogP contribution < -0.4 is 0 Å². The molecule has 0 unspecified atom stereocenters. The van der Waals surface area contributed by atoms with Gasteiger partial charge in [0.15, 0.2) is 0 Å². The van der Waals surface area contributed by atoms with Gasteiger partial charge in [-0.05, 0) is 55.4 Å². The van der Waals surface area contributed by atoms with Gasteiger partial charge in [-0.3, -0.25) is 0 Å². The van der Waals surface area contributed by atoms with Crippen molar-refractivity contribution >= 4 is 0 Å². The van der Waals surface area contributed by atoms with Gasteiger partial charge >= 0.3 is 0 Å². The molecule has 2 aliphatic rings. The Kier molecular flexibility index (Phi) is 5.02. The van der Waals surface area contributed by atoms with Gasteiger partial charge in [0.1, 0.15) is 0 Å². The molecule has 1 aromatic rings. The van der Waals surface area contributed by atoms with Crippen molar-refractivity contribution in [2.45, 2.75) is 70.8 Å². The highest BCUT2D eigenvalue weighted by atomic mass is 15.2. The molecular weight excluding hydrogens is 292 g/mol. The lowest BCUT2D eigenvalue weighted by Gasteiger charge is -2.45. The highest BCUT2D eigenvalue weighted by Crippen LogP contribution is 2.41. The van der Waals surface area contributed by atoms with E-state index in [4.69, 9.17) is 0 Å². The molecule has 1 aliphatic carbocycles. The topological polar surface area (TPSA) is 27.0 Å². The number of hydrogen-bond acceptors (Lipinski definition) is 2. The molecular formula is C22H32N2. The summed E-state index contributed by atoms with van der Waals surface area (Å²) >= 11 is 0. The maximum Gasteiger partial charge on any atom is 0.0846 e. The summed E-state index contributed by atoms with van der Waals surface area (Å²) in [5.41, 5.74) is 1.40. The summed E-state index contributed by atoms with van der Waals surface area (Å²) in [5.74, 6) is 0.876. The SMILES string of the molecule is CC(C)(C)C1CCC(N2CCC(C#N)(c3ccccc3)CC2)CC1. The minimum absolute atomic E-state index is 0.264. The fourth-order valence-corrected chi connectivity index (χ4v) is 4.80. The number of rotatable bonds is 2. The second kappa shape index (κ2) is 6.89. The fourth-order valence-electron chi connectivity index (χ4n) is 4.80. The molecule has 0 bridgehead atoms. The van der Waals surface area contributed by atoms with Crippen molar-refractivity contribution in [1.82, 2.24) is 4.90 Å². The van der Waals surface area contributed by atoms with Crippen LogP contribution in [0.3, 0.4) is 0 Å². The maximum absolute atomic E-state index is 9.85. The van der Waals surface area contributed by atoms with E-state index in [9.17, 15) is 5.26 Å². The highest BCUT2D eigenvalue weighted by Gasteiger charge is 2.39. The zero-order valence-electron chi connectivity index (χ0n) is 15.6. The van der Waals surface area contributed by atoms with E-state index in [2.05, 4.69) is 56.0 Å². The molecule has 0 N–H and O–H groups in total. The Hall–Kier alpha value is -1.33. The average molecular weight is 325 g/mol. The molecule has 2 heteroatoms. The van der Waals surface area contributed by atoms with Gasteiger partial charge in [-0.2, -0.15) is 5.26 Å². The lowest BCUT2D eigenvalue weighted by molar-refractivity contribution is 0.0708. The van der Waals surface area contributed by atoms with Crippen molar-refractivity contribution in [2.75, 3.05) is 13.1 Å². The van der Waals surface area contributed by atoms with E-state index < -0.39 is 0 Å². The number of benzene rings is 1. The largest absolute Gasteiger partial charge is 0.300 e. The van der Waals surface area contributed by atoms with Crippen LogP contribution in [0.4, 0.5) is 0 Å². The predicted molar refractivity (Wildman–Crippen MR) is 99.7 cm³/mol. The zero-order valence-corrected chi connectivity index (χ0v) is 15.6. The number of piperidine rings is 1. The minimum atomic E-state index is -0.264. The first-order chi connectivity index (χ1) is 11.4. The van der Waals surface area contributed by atoms with Gasteiger partial charge in [-0.25, -0.2) is 0 Å². The summed E-state index contributed by atoms with van der Waals surface area (Å²) in [6, 6.07) is 13.8. The summed E-state index contributed by atoms with van der Waals surface area (Å²) in [6.07, 6.45) is 7.37. The number of nitrogens with zero attached hydrogens (tertiary/aromatic N) is 2. The predicted octanol–water partition coefficient (Wildman–Crippen LogP) is 5.15. The molecule has 130 valence electrons. The molecule has 0 aromatic heterocycles. The first kappa shape index (κ1) is 17.5. The molecule has 2 fully saturated rings. The van der Waals surface area contributed by atoms with E-state index in [1.54, 1.807) is 0 Å². The third-order valence-corrected chi connectivity index (χ3v) is 6.63. The summed E-state index contributed by atoms with van der Waals surface area (Å²) in [6.45, 7) is 9.32. The third kappa shape index (κ3) is 3.52. The number of likely N-dealkylation sites (tertiary alicyclic amines) is 1. The summed E-state index contributed by atoms with van der Waals surface area (Å²) < 4.78 is 0. The van der Waals surface area contributed by atoms with E-state index in [0.29, 0.717) is 5.41 Å². The number of hydrogen-bond donors (Lipinski definition) is 0.